The minimum Gasteiger partial charge on any atom is -0.458 e. The summed E-state index contributed by atoms with van der Waals surface area (Å²) in [5, 5.41) is 34.6. The summed E-state index contributed by atoms with van der Waals surface area (Å²) < 4.78 is 11.7. The van der Waals surface area contributed by atoms with Crippen molar-refractivity contribution >= 4 is 34.6 Å². The molecule has 0 unspecified atom stereocenters. The number of amides is 2. The molecule has 1 atom stereocenters. The van der Waals surface area contributed by atoms with Gasteiger partial charge in [-0.2, -0.15) is 0 Å². The topological polar surface area (TPSA) is 212 Å². The second-order valence-corrected chi connectivity index (χ2v) is 10.3. The number of esters is 1. The Balaban J connectivity index is 1.38. The number of hydroxylamine groups is 1. The fraction of sp³-hybridized carbons (Fsp3) is 0.393. The molecule has 0 fully saturated rings. The van der Waals surface area contributed by atoms with E-state index in [0.29, 0.717) is 19.4 Å². The lowest BCUT2D eigenvalue weighted by molar-refractivity contribution is -0.383. The van der Waals surface area contributed by atoms with E-state index < -0.39 is 34.1 Å². The van der Waals surface area contributed by atoms with Gasteiger partial charge in [0.15, 0.2) is 5.60 Å². The van der Waals surface area contributed by atoms with E-state index in [-0.39, 0.29) is 76.4 Å². The molecule has 0 aliphatic carbocycles. The zero-order chi connectivity index (χ0) is 30.9. The highest BCUT2D eigenvalue weighted by Crippen LogP contribution is 2.43. The average Bonchev–Trinajstić information content (AvgIpc) is 3.35. The van der Waals surface area contributed by atoms with Gasteiger partial charge in [-0.1, -0.05) is 19.8 Å². The number of nitrogens with zero attached hydrogens (tertiary/aromatic N) is 3. The number of unbranched alkanes of at least 4 members (excludes halogenated alkanes) is 3. The van der Waals surface area contributed by atoms with Crippen molar-refractivity contribution in [3.05, 3.63) is 61.4 Å². The lowest BCUT2D eigenvalue weighted by Gasteiger charge is -2.31. The minimum absolute atomic E-state index is 0.0399. The standard InChI is InChI=1S/C28H29N5O10/c1-2-28(38)19-12-21-23-17(13-32(21)25(35)18(19)14-42-26(28)36)24(33(40)41)16-11-15(8-9-20(16)30-23)43-27(37)29-10-6-4-3-5-7-22(34)31-39/h8-9,11-12,38-39H,2-7,10,13-14H2,1H3,(H,29,37)(H,31,34)/t28-/m0/s1. The molecule has 15 nitrogen and oxygen atoms in total. The number of ether oxygens (including phenoxy) is 2. The molecule has 0 saturated carbocycles. The Morgan fingerprint density at radius 3 is 2.67 bits per heavy atom. The maximum absolute atomic E-state index is 13.4. The third-order valence-electron chi connectivity index (χ3n) is 7.75. The molecule has 0 saturated heterocycles. The average molecular weight is 596 g/mol. The number of cyclic esters (lactones) is 1. The maximum atomic E-state index is 13.4. The van der Waals surface area contributed by atoms with E-state index in [1.807, 2.05) is 0 Å². The zero-order valence-corrected chi connectivity index (χ0v) is 23.2. The molecule has 4 heterocycles. The van der Waals surface area contributed by atoms with Gasteiger partial charge in [-0.05, 0) is 43.5 Å². The van der Waals surface area contributed by atoms with E-state index in [2.05, 4.69) is 10.3 Å². The van der Waals surface area contributed by atoms with E-state index in [1.54, 1.807) is 12.4 Å². The van der Waals surface area contributed by atoms with Gasteiger partial charge in [0.05, 0.1) is 44.9 Å². The van der Waals surface area contributed by atoms with Crippen LogP contribution in [-0.4, -0.2) is 49.3 Å². The summed E-state index contributed by atoms with van der Waals surface area (Å²) in [7, 11) is 0. The number of rotatable bonds is 10. The Morgan fingerprint density at radius 2 is 1.95 bits per heavy atom. The molecule has 1 aromatic carbocycles. The summed E-state index contributed by atoms with van der Waals surface area (Å²) in [5.74, 6) is -1.27. The van der Waals surface area contributed by atoms with Crippen LogP contribution in [-0.2, 0) is 33.1 Å². The van der Waals surface area contributed by atoms with Crippen LogP contribution >= 0.6 is 0 Å². The van der Waals surface area contributed by atoms with Crippen molar-refractivity contribution in [1.82, 2.24) is 20.3 Å². The highest BCUT2D eigenvalue weighted by molar-refractivity contribution is 5.95. The van der Waals surface area contributed by atoms with Crippen molar-refractivity contribution < 1.29 is 39.1 Å². The lowest BCUT2D eigenvalue weighted by Crippen LogP contribution is -2.44. The van der Waals surface area contributed by atoms with Gasteiger partial charge >= 0.3 is 12.1 Å². The number of aliphatic hydroxyl groups is 1. The van der Waals surface area contributed by atoms with Crippen molar-refractivity contribution in [2.75, 3.05) is 6.54 Å². The van der Waals surface area contributed by atoms with Crippen molar-refractivity contribution in [2.24, 2.45) is 0 Å². The van der Waals surface area contributed by atoms with Crippen LogP contribution in [0.15, 0.2) is 29.1 Å². The van der Waals surface area contributed by atoms with Gasteiger partial charge in [0.25, 0.3) is 11.2 Å². The fourth-order valence-electron chi connectivity index (χ4n) is 5.46. The van der Waals surface area contributed by atoms with Crippen LogP contribution in [0.25, 0.3) is 22.3 Å². The number of pyridine rings is 2. The summed E-state index contributed by atoms with van der Waals surface area (Å²) >= 11 is 0. The summed E-state index contributed by atoms with van der Waals surface area (Å²) in [6, 6.07) is 5.72. The largest absolute Gasteiger partial charge is 0.458 e. The number of fused-ring (bicyclic) bond motifs is 5. The number of hydrogen-bond acceptors (Lipinski definition) is 11. The molecule has 0 spiro atoms. The predicted octanol–water partition coefficient (Wildman–Crippen LogP) is 2.53. The second kappa shape index (κ2) is 11.8. The number of carbonyl (C=O) groups is 3. The van der Waals surface area contributed by atoms with E-state index in [0.717, 1.165) is 12.8 Å². The highest BCUT2D eigenvalue weighted by Gasteiger charge is 2.46. The van der Waals surface area contributed by atoms with Gasteiger partial charge in [-0.25, -0.2) is 20.1 Å². The summed E-state index contributed by atoms with van der Waals surface area (Å²) in [6.07, 6.45) is 2.13. The SMILES string of the molecule is CC[C@@]1(O)C(=O)OCc2c1cc1n(c2=O)Cc2c-1nc1ccc(OC(=O)NCCCCCCC(=O)NO)cc1c2[N+](=O)[O-]. The van der Waals surface area contributed by atoms with Crippen LogP contribution in [0.1, 0.15) is 62.1 Å². The normalized spacial score (nSPS) is 16.6. The van der Waals surface area contributed by atoms with Crippen molar-refractivity contribution in [3.8, 4) is 17.1 Å². The molecule has 0 radical (unpaired) electrons. The van der Waals surface area contributed by atoms with Gasteiger partial charge < -0.3 is 24.5 Å². The van der Waals surface area contributed by atoms with E-state index >= 15 is 0 Å². The Morgan fingerprint density at radius 1 is 1.19 bits per heavy atom. The quantitative estimate of drug-likeness (QED) is 0.0687. The Kier molecular flexibility index (Phi) is 8.10. The van der Waals surface area contributed by atoms with Crippen molar-refractivity contribution in [2.45, 2.75) is 64.2 Å². The molecule has 2 aliphatic rings. The first-order valence-corrected chi connectivity index (χ1v) is 13.8. The summed E-state index contributed by atoms with van der Waals surface area (Å²) in [4.78, 5) is 65.5. The Labute approximate surface area is 243 Å². The Bertz CT molecular complexity index is 1720. The molecule has 2 aromatic heterocycles. The van der Waals surface area contributed by atoms with Crippen LogP contribution in [0.3, 0.4) is 0 Å². The van der Waals surface area contributed by atoms with Gasteiger partial charge in [-0.3, -0.25) is 24.9 Å². The second-order valence-electron chi connectivity index (χ2n) is 10.3. The predicted molar refractivity (Wildman–Crippen MR) is 148 cm³/mol. The molecular formula is C28H29N5O10. The molecule has 4 N–H and O–H groups in total. The Hall–Kier alpha value is -4.89. The number of nitrogens with one attached hydrogen (secondary N) is 2. The molecule has 0 bridgehead atoms. The van der Waals surface area contributed by atoms with E-state index in [4.69, 9.17) is 14.7 Å². The molecule has 5 rings (SSSR count). The first-order valence-electron chi connectivity index (χ1n) is 13.8. The van der Waals surface area contributed by atoms with Crippen LogP contribution in [0.4, 0.5) is 10.5 Å². The smallest absolute Gasteiger partial charge is 0.412 e. The zero-order valence-electron chi connectivity index (χ0n) is 23.2. The molecule has 226 valence electrons. The van der Waals surface area contributed by atoms with Crippen LogP contribution in [0.5, 0.6) is 5.75 Å². The van der Waals surface area contributed by atoms with Gasteiger partial charge in [0.1, 0.15) is 12.4 Å². The first-order chi connectivity index (χ1) is 20.6. The fourth-order valence-corrected chi connectivity index (χ4v) is 5.46. The maximum Gasteiger partial charge on any atom is 0.412 e. The van der Waals surface area contributed by atoms with Gasteiger partial charge in [0, 0.05) is 18.5 Å². The van der Waals surface area contributed by atoms with Gasteiger partial charge in [-0.15, -0.1) is 0 Å². The molecule has 2 aliphatic heterocycles. The van der Waals surface area contributed by atoms with E-state index in [9.17, 15) is 34.4 Å². The number of hydrogen-bond donors (Lipinski definition) is 4. The third kappa shape index (κ3) is 5.39. The van der Waals surface area contributed by atoms with Crippen molar-refractivity contribution in [3.63, 3.8) is 0 Å². The van der Waals surface area contributed by atoms with Crippen molar-refractivity contribution in [1.29, 1.82) is 0 Å². The first kappa shape index (κ1) is 29.6. The lowest BCUT2D eigenvalue weighted by atomic mass is 9.86. The monoisotopic (exact) mass is 595 g/mol. The summed E-state index contributed by atoms with van der Waals surface area (Å²) in [5.41, 5.74) is -0.298. The summed E-state index contributed by atoms with van der Waals surface area (Å²) in [6.45, 7) is 1.41. The van der Waals surface area contributed by atoms with Crippen LogP contribution in [0, 0.1) is 10.1 Å². The number of carbonyl (C=O) groups excluding carboxylic acids is 3. The number of benzene rings is 1. The minimum atomic E-state index is -2.03. The number of nitro groups is 1. The molecule has 3 aromatic rings. The van der Waals surface area contributed by atoms with E-state index in [1.165, 1.54) is 28.8 Å². The molecule has 43 heavy (non-hydrogen) atoms. The molecule has 2 amide bonds. The molecule has 15 heteroatoms. The number of aromatic nitrogens is 2. The van der Waals surface area contributed by atoms with Gasteiger partial charge in [0.2, 0.25) is 5.91 Å². The van der Waals surface area contributed by atoms with Crippen LogP contribution in [0.2, 0.25) is 0 Å². The van der Waals surface area contributed by atoms with Crippen LogP contribution < -0.4 is 21.1 Å². The third-order valence-corrected chi connectivity index (χ3v) is 7.75. The molecular weight excluding hydrogens is 566 g/mol. The highest BCUT2D eigenvalue weighted by atomic mass is 16.6.